The summed E-state index contributed by atoms with van der Waals surface area (Å²) in [6.45, 7) is 0.0116. The third-order valence-corrected chi connectivity index (χ3v) is 2.56. The molecular weight excluding hydrogens is 291 g/mol. The Morgan fingerprint density at radius 2 is 2.15 bits per heavy atom. The van der Waals surface area contributed by atoms with Crippen molar-refractivity contribution in [1.82, 2.24) is 5.32 Å². The number of hydrogen-bond acceptors (Lipinski definition) is 3. The Kier molecular flexibility index (Phi) is 6.20. The van der Waals surface area contributed by atoms with E-state index in [9.17, 15) is 14.0 Å². The number of rotatable bonds is 6. The number of carboxylic acid groups (broad SMARTS) is 1. The maximum atomic E-state index is 13.0. The molecule has 0 aliphatic rings. The minimum absolute atomic E-state index is 0.0116. The van der Waals surface area contributed by atoms with Crippen molar-refractivity contribution in [2.75, 3.05) is 19.0 Å². The number of carboxylic acids is 1. The first-order chi connectivity index (χ1) is 9.40. The lowest BCUT2D eigenvalue weighted by Crippen LogP contribution is -2.37. The Morgan fingerprint density at radius 3 is 2.70 bits per heavy atom. The predicted molar refractivity (Wildman–Crippen MR) is 71.5 cm³/mol. The van der Waals surface area contributed by atoms with Crippen LogP contribution >= 0.6 is 11.6 Å². The molecule has 2 amide bonds. The van der Waals surface area contributed by atoms with E-state index in [4.69, 9.17) is 21.4 Å². The van der Waals surface area contributed by atoms with Crippen molar-refractivity contribution in [1.29, 1.82) is 0 Å². The van der Waals surface area contributed by atoms with Crippen LogP contribution in [0.3, 0.4) is 0 Å². The molecule has 0 heterocycles. The van der Waals surface area contributed by atoms with E-state index in [1.807, 2.05) is 0 Å². The van der Waals surface area contributed by atoms with Crippen molar-refractivity contribution in [3.63, 3.8) is 0 Å². The van der Waals surface area contributed by atoms with Crippen LogP contribution in [0.1, 0.15) is 6.42 Å². The molecule has 0 saturated heterocycles. The van der Waals surface area contributed by atoms with Gasteiger partial charge in [0.25, 0.3) is 0 Å². The molecule has 3 N–H and O–H groups in total. The van der Waals surface area contributed by atoms with Gasteiger partial charge in [0.2, 0.25) is 0 Å². The van der Waals surface area contributed by atoms with E-state index in [1.54, 1.807) is 0 Å². The van der Waals surface area contributed by atoms with Gasteiger partial charge in [-0.25, -0.2) is 9.18 Å². The highest BCUT2D eigenvalue weighted by molar-refractivity contribution is 6.30. The summed E-state index contributed by atoms with van der Waals surface area (Å²) in [7, 11) is 1.35. The fraction of sp³-hybridized carbons (Fsp3) is 0.333. The number of ether oxygens (including phenoxy) is 1. The first kappa shape index (κ1) is 16.2. The largest absolute Gasteiger partial charge is 0.481 e. The van der Waals surface area contributed by atoms with Crippen LogP contribution in [0, 0.1) is 5.82 Å². The molecule has 1 unspecified atom stereocenters. The molecule has 1 rings (SSSR count). The van der Waals surface area contributed by atoms with Crippen molar-refractivity contribution < 1.29 is 23.8 Å². The normalized spacial score (nSPS) is 11.8. The zero-order valence-electron chi connectivity index (χ0n) is 10.7. The van der Waals surface area contributed by atoms with Crippen LogP contribution < -0.4 is 10.6 Å². The molecule has 8 heteroatoms. The van der Waals surface area contributed by atoms with E-state index in [0.717, 1.165) is 12.1 Å². The van der Waals surface area contributed by atoms with E-state index in [0.29, 0.717) is 0 Å². The second-order valence-electron chi connectivity index (χ2n) is 3.95. The van der Waals surface area contributed by atoms with Gasteiger partial charge in [0.1, 0.15) is 5.82 Å². The molecule has 1 aromatic rings. The summed E-state index contributed by atoms with van der Waals surface area (Å²) < 4.78 is 17.9. The maximum Gasteiger partial charge on any atom is 0.319 e. The van der Waals surface area contributed by atoms with E-state index in [2.05, 4.69) is 10.6 Å². The Bertz CT molecular complexity index is 478. The van der Waals surface area contributed by atoms with Crippen LogP contribution in [0.5, 0.6) is 0 Å². The van der Waals surface area contributed by atoms with E-state index >= 15 is 0 Å². The van der Waals surface area contributed by atoms with Gasteiger partial charge >= 0.3 is 12.0 Å². The van der Waals surface area contributed by atoms with Crippen LogP contribution in [0.2, 0.25) is 5.02 Å². The smallest absolute Gasteiger partial charge is 0.319 e. The molecule has 6 nitrogen and oxygen atoms in total. The first-order valence-corrected chi connectivity index (χ1v) is 6.04. The minimum Gasteiger partial charge on any atom is -0.481 e. The molecule has 110 valence electrons. The van der Waals surface area contributed by atoms with Gasteiger partial charge in [-0.3, -0.25) is 4.79 Å². The van der Waals surface area contributed by atoms with Gasteiger partial charge < -0.3 is 20.5 Å². The van der Waals surface area contributed by atoms with E-state index in [1.165, 1.54) is 13.2 Å². The number of amides is 2. The number of nitrogens with one attached hydrogen (secondary N) is 2. The van der Waals surface area contributed by atoms with Crippen LogP contribution in [0.15, 0.2) is 18.2 Å². The molecule has 0 aromatic heterocycles. The summed E-state index contributed by atoms with van der Waals surface area (Å²) in [5.74, 6) is -1.61. The number of carbonyl (C=O) groups is 2. The summed E-state index contributed by atoms with van der Waals surface area (Å²) in [4.78, 5) is 22.1. The standard InChI is InChI=1S/C12H14ClFN2O4/c1-20-10(5-11(17)18)6-15-12(19)16-9-3-7(13)2-8(14)4-9/h2-4,10H,5-6H2,1H3,(H,17,18)(H2,15,16,19). The summed E-state index contributed by atoms with van der Waals surface area (Å²) in [5, 5.41) is 13.6. The number of urea groups is 1. The third-order valence-electron chi connectivity index (χ3n) is 2.35. The second kappa shape index (κ2) is 7.66. The number of halogens is 2. The Hall–Kier alpha value is -1.86. The Balaban J connectivity index is 2.48. The van der Waals surface area contributed by atoms with Crippen LogP contribution in [-0.2, 0) is 9.53 Å². The Labute approximate surface area is 119 Å². The molecule has 1 aromatic carbocycles. The SMILES string of the molecule is COC(CNC(=O)Nc1cc(F)cc(Cl)c1)CC(=O)O. The number of aliphatic carboxylic acids is 1. The van der Waals surface area contributed by atoms with Crippen molar-refractivity contribution in [3.8, 4) is 0 Å². The molecule has 0 radical (unpaired) electrons. The molecule has 20 heavy (non-hydrogen) atoms. The topological polar surface area (TPSA) is 87.7 Å². The van der Waals surface area contributed by atoms with E-state index < -0.39 is 23.9 Å². The number of benzene rings is 1. The molecule has 0 spiro atoms. The third kappa shape index (κ3) is 5.85. The number of methoxy groups -OCH3 is 1. The van der Waals surface area contributed by atoms with Gasteiger partial charge in [-0.05, 0) is 18.2 Å². The van der Waals surface area contributed by atoms with Gasteiger partial charge in [-0.15, -0.1) is 0 Å². The minimum atomic E-state index is -1.03. The summed E-state index contributed by atoms with van der Waals surface area (Å²) >= 11 is 5.64. The summed E-state index contributed by atoms with van der Waals surface area (Å²) in [6, 6.07) is 2.99. The maximum absolute atomic E-state index is 13.0. The van der Waals surface area contributed by atoms with Crippen LogP contribution in [0.25, 0.3) is 0 Å². The zero-order chi connectivity index (χ0) is 15.1. The molecule has 0 aliphatic heterocycles. The van der Waals surface area contributed by atoms with Crippen molar-refractivity contribution in [3.05, 3.63) is 29.0 Å². The molecule has 0 bridgehead atoms. The monoisotopic (exact) mass is 304 g/mol. The molecule has 1 atom stereocenters. The van der Waals surface area contributed by atoms with Gasteiger partial charge in [-0.1, -0.05) is 11.6 Å². The highest BCUT2D eigenvalue weighted by Gasteiger charge is 2.13. The lowest BCUT2D eigenvalue weighted by molar-refractivity contribution is -0.139. The fourth-order valence-corrected chi connectivity index (χ4v) is 1.66. The summed E-state index contributed by atoms with van der Waals surface area (Å²) in [6.07, 6.45) is -0.878. The van der Waals surface area contributed by atoms with Crippen molar-refractivity contribution >= 4 is 29.3 Å². The van der Waals surface area contributed by atoms with Gasteiger partial charge in [0.05, 0.1) is 12.5 Å². The first-order valence-electron chi connectivity index (χ1n) is 5.66. The van der Waals surface area contributed by atoms with Gasteiger partial charge in [-0.2, -0.15) is 0 Å². The van der Waals surface area contributed by atoms with Crippen LogP contribution in [0.4, 0.5) is 14.9 Å². The predicted octanol–water partition coefficient (Wildman–Crippen LogP) is 2.09. The highest BCUT2D eigenvalue weighted by atomic mass is 35.5. The highest BCUT2D eigenvalue weighted by Crippen LogP contribution is 2.17. The van der Waals surface area contributed by atoms with Gasteiger partial charge in [0.15, 0.2) is 0 Å². The average molecular weight is 305 g/mol. The molecule has 0 aliphatic carbocycles. The molecule has 0 fully saturated rings. The lowest BCUT2D eigenvalue weighted by Gasteiger charge is -2.14. The Morgan fingerprint density at radius 1 is 1.45 bits per heavy atom. The van der Waals surface area contributed by atoms with E-state index in [-0.39, 0.29) is 23.7 Å². The van der Waals surface area contributed by atoms with Crippen molar-refractivity contribution in [2.45, 2.75) is 12.5 Å². The summed E-state index contributed by atoms with van der Waals surface area (Å²) in [5.41, 5.74) is 0.194. The quantitative estimate of drug-likeness (QED) is 0.751. The molecular formula is C12H14ClFN2O4. The number of anilines is 1. The van der Waals surface area contributed by atoms with Gasteiger partial charge in [0, 0.05) is 24.4 Å². The lowest BCUT2D eigenvalue weighted by atomic mass is 10.2. The van der Waals surface area contributed by atoms with Crippen LogP contribution in [-0.4, -0.2) is 36.9 Å². The molecule has 0 saturated carbocycles. The fourth-order valence-electron chi connectivity index (χ4n) is 1.44. The zero-order valence-corrected chi connectivity index (χ0v) is 11.4. The average Bonchev–Trinajstić information content (AvgIpc) is 2.32. The number of hydrogen-bond donors (Lipinski definition) is 3. The second-order valence-corrected chi connectivity index (χ2v) is 4.39. The van der Waals surface area contributed by atoms with Crippen molar-refractivity contribution in [2.24, 2.45) is 0 Å². The number of carbonyl (C=O) groups excluding carboxylic acids is 1.